The number of carbonyl (C=O) groups excluding carboxylic acids is 1. The molecule has 0 saturated carbocycles. The largest absolute Gasteiger partial charge is 0.495 e. The van der Waals surface area contributed by atoms with E-state index >= 15 is 0 Å². The second kappa shape index (κ2) is 5.79. The molecular formula is C13H11Br2NO3. The van der Waals surface area contributed by atoms with Crippen molar-refractivity contribution in [3.63, 3.8) is 0 Å². The lowest BCUT2D eigenvalue weighted by Gasteiger charge is -2.15. The number of ketones is 1. The van der Waals surface area contributed by atoms with Crippen LogP contribution in [0.15, 0.2) is 33.3 Å². The number of methoxy groups -OCH3 is 2. The van der Waals surface area contributed by atoms with Gasteiger partial charge in [0.1, 0.15) is 17.1 Å². The Morgan fingerprint density at radius 3 is 2.16 bits per heavy atom. The Kier molecular flexibility index (Phi) is 4.31. The molecular weight excluding hydrogens is 378 g/mol. The first-order valence-corrected chi connectivity index (χ1v) is 6.96. The number of benzene rings is 1. The fourth-order valence-corrected chi connectivity index (χ4v) is 3.28. The first kappa shape index (κ1) is 14.1. The molecule has 0 bridgehead atoms. The maximum atomic E-state index is 12.5. The highest BCUT2D eigenvalue weighted by Crippen LogP contribution is 2.42. The molecule has 0 radical (unpaired) electrons. The number of hydrogen-bond acceptors (Lipinski definition) is 3. The Morgan fingerprint density at radius 2 is 1.74 bits per heavy atom. The molecule has 0 aliphatic carbocycles. The van der Waals surface area contributed by atoms with Gasteiger partial charge in [-0.05, 0) is 50.1 Å². The van der Waals surface area contributed by atoms with Crippen LogP contribution in [0, 0.1) is 0 Å². The first-order chi connectivity index (χ1) is 9.10. The lowest BCUT2D eigenvalue weighted by molar-refractivity contribution is 0.102. The third kappa shape index (κ3) is 2.55. The highest BCUT2D eigenvalue weighted by Gasteiger charge is 2.25. The van der Waals surface area contributed by atoms with E-state index in [4.69, 9.17) is 9.47 Å². The van der Waals surface area contributed by atoms with Gasteiger partial charge in [0, 0.05) is 6.20 Å². The summed E-state index contributed by atoms with van der Waals surface area (Å²) >= 11 is 6.76. The second-order valence-electron chi connectivity index (χ2n) is 3.69. The van der Waals surface area contributed by atoms with E-state index in [2.05, 4.69) is 36.8 Å². The highest BCUT2D eigenvalue weighted by atomic mass is 79.9. The number of H-pyrrole nitrogens is 1. The maximum Gasteiger partial charge on any atom is 0.216 e. The van der Waals surface area contributed by atoms with Gasteiger partial charge in [0.2, 0.25) is 5.78 Å². The number of halogens is 2. The van der Waals surface area contributed by atoms with Gasteiger partial charge in [-0.25, -0.2) is 0 Å². The van der Waals surface area contributed by atoms with Crippen molar-refractivity contribution >= 4 is 37.6 Å². The van der Waals surface area contributed by atoms with Gasteiger partial charge in [-0.2, -0.15) is 0 Å². The van der Waals surface area contributed by atoms with Gasteiger partial charge in [0.25, 0.3) is 0 Å². The van der Waals surface area contributed by atoms with Gasteiger partial charge >= 0.3 is 0 Å². The molecule has 100 valence electrons. The third-order valence-electron chi connectivity index (χ3n) is 2.62. The molecule has 2 rings (SSSR count). The average Bonchev–Trinajstić information content (AvgIpc) is 2.91. The molecule has 1 aromatic heterocycles. The van der Waals surface area contributed by atoms with Crippen LogP contribution in [0.4, 0.5) is 0 Å². The zero-order valence-corrected chi connectivity index (χ0v) is 13.5. The molecule has 19 heavy (non-hydrogen) atoms. The molecule has 0 spiro atoms. The predicted molar refractivity (Wildman–Crippen MR) is 79.2 cm³/mol. The van der Waals surface area contributed by atoms with Crippen LogP contribution in [-0.2, 0) is 0 Å². The van der Waals surface area contributed by atoms with E-state index < -0.39 is 0 Å². The minimum Gasteiger partial charge on any atom is -0.495 e. The van der Waals surface area contributed by atoms with Crippen molar-refractivity contribution in [3.05, 3.63) is 44.6 Å². The van der Waals surface area contributed by atoms with Gasteiger partial charge in [-0.15, -0.1) is 0 Å². The van der Waals surface area contributed by atoms with Crippen LogP contribution in [0.1, 0.15) is 16.1 Å². The summed E-state index contributed by atoms with van der Waals surface area (Å²) in [5.41, 5.74) is 0.843. The van der Waals surface area contributed by atoms with Crippen LogP contribution in [0.3, 0.4) is 0 Å². The van der Waals surface area contributed by atoms with Crippen LogP contribution in [0.2, 0.25) is 0 Å². The average molecular weight is 389 g/mol. The molecule has 4 nitrogen and oxygen atoms in total. The zero-order chi connectivity index (χ0) is 14.0. The summed E-state index contributed by atoms with van der Waals surface area (Å²) in [4.78, 5) is 15.4. The molecule has 1 aromatic carbocycles. The van der Waals surface area contributed by atoms with E-state index in [1.807, 2.05) is 0 Å². The fraction of sp³-hybridized carbons (Fsp3) is 0.154. The molecule has 0 amide bonds. The van der Waals surface area contributed by atoms with E-state index in [0.717, 1.165) is 0 Å². The minimum absolute atomic E-state index is 0.194. The van der Waals surface area contributed by atoms with Crippen LogP contribution in [0.25, 0.3) is 0 Å². The normalized spacial score (nSPS) is 10.3. The smallest absolute Gasteiger partial charge is 0.216 e. The van der Waals surface area contributed by atoms with Crippen LogP contribution in [-0.4, -0.2) is 25.0 Å². The quantitative estimate of drug-likeness (QED) is 0.810. The predicted octanol–water partition coefficient (Wildman–Crippen LogP) is 3.79. The van der Waals surface area contributed by atoms with E-state index in [0.29, 0.717) is 31.7 Å². The van der Waals surface area contributed by atoms with Crippen molar-refractivity contribution in [2.75, 3.05) is 14.2 Å². The lowest BCUT2D eigenvalue weighted by atomic mass is 10.1. The molecule has 0 atom stereocenters. The van der Waals surface area contributed by atoms with Gasteiger partial charge in [-0.1, -0.05) is 0 Å². The Morgan fingerprint density at radius 1 is 1.16 bits per heavy atom. The van der Waals surface area contributed by atoms with Gasteiger partial charge in [-0.3, -0.25) is 4.79 Å². The Labute approximate surface area is 127 Å². The lowest BCUT2D eigenvalue weighted by Crippen LogP contribution is -2.08. The molecule has 0 aliphatic heterocycles. The molecule has 0 aliphatic rings. The van der Waals surface area contributed by atoms with E-state index in [1.165, 1.54) is 14.2 Å². The summed E-state index contributed by atoms with van der Waals surface area (Å²) in [6, 6.07) is 5.25. The molecule has 2 aromatic rings. The maximum absolute atomic E-state index is 12.5. The van der Waals surface area contributed by atoms with E-state index in [9.17, 15) is 4.79 Å². The summed E-state index contributed by atoms with van der Waals surface area (Å²) < 4.78 is 12.0. The molecule has 0 fully saturated rings. The van der Waals surface area contributed by atoms with Crippen LogP contribution in [0.5, 0.6) is 11.5 Å². The zero-order valence-electron chi connectivity index (χ0n) is 10.3. The number of hydrogen-bond donors (Lipinski definition) is 1. The van der Waals surface area contributed by atoms with E-state index in [-0.39, 0.29) is 5.78 Å². The summed E-state index contributed by atoms with van der Waals surface area (Å²) in [5, 5.41) is 0. The minimum atomic E-state index is -0.194. The molecule has 0 unspecified atom stereocenters. The topological polar surface area (TPSA) is 51.3 Å². The monoisotopic (exact) mass is 387 g/mol. The van der Waals surface area contributed by atoms with Crippen molar-refractivity contribution < 1.29 is 14.3 Å². The van der Waals surface area contributed by atoms with Gasteiger partial charge < -0.3 is 14.5 Å². The number of carbonyl (C=O) groups is 1. The van der Waals surface area contributed by atoms with Crippen molar-refractivity contribution in [2.24, 2.45) is 0 Å². The Bertz CT molecular complexity index is 581. The van der Waals surface area contributed by atoms with Crippen LogP contribution >= 0.6 is 31.9 Å². The Balaban J connectivity index is 2.69. The first-order valence-electron chi connectivity index (χ1n) is 5.38. The standard InChI is InChI=1S/C13H11Br2NO3/c1-18-12-7(14)6-8(15)13(19-2)10(12)11(17)9-4-3-5-16-9/h3-6,16H,1-2H3. The number of nitrogens with one attached hydrogen (secondary N) is 1. The summed E-state index contributed by atoms with van der Waals surface area (Å²) in [6.07, 6.45) is 1.69. The second-order valence-corrected chi connectivity index (χ2v) is 5.40. The third-order valence-corrected chi connectivity index (χ3v) is 3.80. The summed E-state index contributed by atoms with van der Waals surface area (Å²) in [5.74, 6) is 0.694. The van der Waals surface area contributed by atoms with Gasteiger partial charge in [0.15, 0.2) is 0 Å². The number of aromatic nitrogens is 1. The molecule has 1 N–H and O–H groups in total. The van der Waals surface area contributed by atoms with Gasteiger partial charge in [0.05, 0.1) is 28.9 Å². The molecule has 1 heterocycles. The highest BCUT2D eigenvalue weighted by molar-refractivity contribution is 9.11. The SMILES string of the molecule is COc1c(Br)cc(Br)c(OC)c1C(=O)c1ccc[nH]1. The van der Waals surface area contributed by atoms with Crippen molar-refractivity contribution in [1.82, 2.24) is 4.98 Å². The van der Waals surface area contributed by atoms with Crippen molar-refractivity contribution in [1.29, 1.82) is 0 Å². The number of rotatable bonds is 4. The summed E-state index contributed by atoms with van der Waals surface area (Å²) in [6.45, 7) is 0. The number of ether oxygens (including phenoxy) is 2. The number of aromatic amines is 1. The van der Waals surface area contributed by atoms with Crippen molar-refractivity contribution in [2.45, 2.75) is 0 Å². The van der Waals surface area contributed by atoms with Crippen LogP contribution < -0.4 is 9.47 Å². The fourth-order valence-electron chi connectivity index (χ4n) is 1.80. The van der Waals surface area contributed by atoms with E-state index in [1.54, 1.807) is 24.4 Å². The molecule has 6 heteroatoms. The molecule has 0 saturated heterocycles. The Hall–Kier alpha value is -1.27. The van der Waals surface area contributed by atoms with Crippen molar-refractivity contribution in [3.8, 4) is 11.5 Å². The summed E-state index contributed by atoms with van der Waals surface area (Å²) in [7, 11) is 3.03.